The molecule has 1 rings (SSSR count). The van der Waals surface area contributed by atoms with Crippen molar-refractivity contribution >= 4 is 35.0 Å². The van der Waals surface area contributed by atoms with Crippen molar-refractivity contribution in [3.63, 3.8) is 0 Å². The van der Waals surface area contributed by atoms with Gasteiger partial charge in [-0.15, -0.1) is 12.4 Å². The SMILES string of the molecule is Cl.N[C@H](CCCO)c1cc(I)ccc1F. The van der Waals surface area contributed by atoms with Crippen molar-refractivity contribution in [1.29, 1.82) is 0 Å². The summed E-state index contributed by atoms with van der Waals surface area (Å²) >= 11 is 2.12. The second kappa shape index (κ2) is 7.38. The molecule has 0 fully saturated rings. The van der Waals surface area contributed by atoms with Crippen LogP contribution < -0.4 is 5.73 Å². The summed E-state index contributed by atoms with van der Waals surface area (Å²) in [5.74, 6) is -0.268. The molecule has 2 nitrogen and oxygen atoms in total. The minimum absolute atomic E-state index is 0. The van der Waals surface area contributed by atoms with E-state index < -0.39 is 0 Å². The molecular formula is C10H14ClFINO. The minimum Gasteiger partial charge on any atom is -0.396 e. The lowest BCUT2D eigenvalue weighted by molar-refractivity contribution is 0.279. The van der Waals surface area contributed by atoms with Crippen molar-refractivity contribution in [2.45, 2.75) is 18.9 Å². The van der Waals surface area contributed by atoms with Gasteiger partial charge in [0, 0.05) is 21.8 Å². The fraction of sp³-hybridized carbons (Fsp3) is 0.400. The highest BCUT2D eigenvalue weighted by atomic mass is 127. The molecule has 0 unspecified atom stereocenters. The lowest BCUT2D eigenvalue weighted by atomic mass is 10.0. The summed E-state index contributed by atoms with van der Waals surface area (Å²) in [6.45, 7) is 0.0965. The van der Waals surface area contributed by atoms with Crippen LogP contribution in [0.5, 0.6) is 0 Å². The monoisotopic (exact) mass is 345 g/mol. The number of aliphatic hydroxyl groups excluding tert-OH is 1. The normalized spacial score (nSPS) is 12.0. The van der Waals surface area contributed by atoms with Crippen molar-refractivity contribution in [2.24, 2.45) is 5.73 Å². The highest BCUT2D eigenvalue weighted by Gasteiger charge is 2.11. The van der Waals surface area contributed by atoms with E-state index in [1.807, 2.05) is 0 Å². The molecule has 3 N–H and O–H groups in total. The molecule has 0 bridgehead atoms. The number of nitrogens with two attached hydrogens (primary N) is 1. The molecule has 0 aliphatic heterocycles. The van der Waals surface area contributed by atoms with Crippen LogP contribution in [-0.2, 0) is 0 Å². The summed E-state index contributed by atoms with van der Waals surface area (Å²) in [4.78, 5) is 0. The predicted molar refractivity (Wildman–Crippen MR) is 69.6 cm³/mol. The van der Waals surface area contributed by atoms with Crippen molar-refractivity contribution in [1.82, 2.24) is 0 Å². The maximum absolute atomic E-state index is 13.3. The first-order valence-electron chi connectivity index (χ1n) is 4.46. The quantitative estimate of drug-likeness (QED) is 0.824. The summed E-state index contributed by atoms with van der Waals surface area (Å²) < 4.78 is 14.3. The lowest BCUT2D eigenvalue weighted by Gasteiger charge is -2.12. The summed E-state index contributed by atoms with van der Waals surface area (Å²) in [5, 5.41) is 8.64. The van der Waals surface area contributed by atoms with Gasteiger partial charge in [0.05, 0.1) is 0 Å². The van der Waals surface area contributed by atoms with Gasteiger partial charge < -0.3 is 10.8 Å². The molecule has 0 spiro atoms. The van der Waals surface area contributed by atoms with E-state index in [9.17, 15) is 4.39 Å². The molecule has 0 aliphatic carbocycles. The van der Waals surface area contributed by atoms with E-state index in [0.29, 0.717) is 18.4 Å². The fourth-order valence-electron chi connectivity index (χ4n) is 1.27. The lowest BCUT2D eigenvalue weighted by Crippen LogP contribution is -2.12. The molecule has 0 saturated carbocycles. The summed E-state index contributed by atoms with van der Waals surface area (Å²) in [6.07, 6.45) is 1.21. The third kappa shape index (κ3) is 4.63. The smallest absolute Gasteiger partial charge is 0.128 e. The summed E-state index contributed by atoms with van der Waals surface area (Å²) in [7, 11) is 0. The number of rotatable bonds is 4. The van der Waals surface area contributed by atoms with Gasteiger partial charge in [-0.1, -0.05) is 0 Å². The minimum atomic E-state index is -0.322. The Morgan fingerprint density at radius 2 is 2.13 bits per heavy atom. The van der Waals surface area contributed by atoms with Crippen LogP contribution in [0.3, 0.4) is 0 Å². The van der Waals surface area contributed by atoms with E-state index in [1.54, 1.807) is 12.1 Å². The zero-order valence-corrected chi connectivity index (χ0v) is 11.1. The summed E-state index contributed by atoms with van der Waals surface area (Å²) in [6, 6.07) is 4.56. The number of hydrogen-bond acceptors (Lipinski definition) is 2. The van der Waals surface area contributed by atoms with Crippen molar-refractivity contribution < 1.29 is 9.50 Å². The summed E-state index contributed by atoms with van der Waals surface area (Å²) in [5.41, 5.74) is 6.33. The Kier molecular flexibility index (Phi) is 7.42. The molecule has 15 heavy (non-hydrogen) atoms. The Morgan fingerprint density at radius 3 is 2.73 bits per heavy atom. The molecule has 86 valence electrons. The molecule has 0 saturated heterocycles. The van der Waals surface area contributed by atoms with Gasteiger partial charge >= 0.3 is 0 Å². The number of aliphatic hydroxyl groups is 1. The maximum atomic E-state index is 13.3. The number of hydrogen-bond donors (Lipinski definition) is 2. The van der Waals surface area contributed by atoms with Gasteiger partial charge in [-0.3, -0.25) is 0 Å². The van der Waals surface area contributed by atoms with Gasteiger partial charge in [-0.25, -0.2) is 4.39 Å². The molecule has 0 amide bonds. The van der Waals surface area contributed by atoms with Crippen molar-refractivity contribution in [3.05, 3.63) is 33.1 Å². The van der Waals surface area contributed by atoms with Gasteiger partial charge in [-0.2, -0.15) is 0 Å². The average Bonchev–Trinajstić information content (AvgIpc) is 2.18. The zero-order valence-electron chi connectivity index (χ0n) is 8.12. The molecule has 1 atom stereocenters. The average molecular weight is 346 g/mol. The Labute approximate surface area is 109 Å². The van der Waals surface area contributed by atoms with Crippen LogP contribution in [-0.4, -0.2) is 11.7 Å². The van der Waals surface area contributed by atoms with Crippen LogP contribution in [0, 0.1) is 9.39 Å². The fourth-order valence-corrected chi connectivity index (χ4v) is 1.78. The van der Waals surface area contributed by atoms with E-state index in [-0.39, 0.29) is 30.9 Å². The van der Waals surface area contributed by atoms with Crippen molar-refractivity contribution in [2.75, 3.05) is 6.61 Å². The first-order valence-corrected chi connectivity index (χ1v) is 5.54. The molecule has 1 aromatic carbocycles. The first kappa shape index (κ1) is 15.1. The van der Waals surface area contributed by atoms with Crippen LogP contribution in [0.15, 0.2) is 18.2 Å². The van der Waals surface area contributed by atoms with Crippen LogP contribution >= 0.6 is 35.0 Å². The Hall–Kier alpha value is 0.0900. The Balaban J connectivity index is 0.00000196. The highest BCUT2D eigenvalue weighted by molar-refractivity contribution is 14.1. The second-order valence-electron chi connectivity index (χ2n) is 3.14. The van der Waals surface area contributed by atoms with E-state index in [0.717, 1.165) is 3.57 Å². The first-order chi connectivity index (χ1) is 6.65. The molecule has 0 aromatic heterocycles. The van der Waals surface area contributed by atoms with Crippen LogP contribution in [0.4, 0.5) is 4.39 Å². The van der Waals surface area contributed by atoms with E-state index in [1.165, 1.54) is 6.07 Å². The third-order valence-electron chi connectivity index (χ3n) is 2.03. The van der Waals surface area contributed by atoms with E-state index in [4.69, 9.17) is 10.8 Å². The van der Waals surface area contributed by atoms with Crippen LogP contribution in [0.2, 0.25) is 0 Å². The van der Waals surface area contributed by atoms with Gasteiger partial charge in [0.25, 0.3) is 0 Å². The highest BCUT2D eigenvalue weighted by Crippen LogP contribution is 2.21. The van der Waals surface area contributed by atoms with Crippen LogP contribution in [0.1, 0.15) is 24.4 Å². The van der Waals surface area contributed by atoms with Gasteiger partial charge in [-0.05, 0) is 53.6 Å². The number of benzene rings is 1. The van der Waals surface area contributed by atoms with E-state index in [2.05, 4.69) is 22.6 Å². The van der Waals surface area contributed by atoms with Crippen molar-refractivity contribution in [3.8, 4) is 0 Å². The number of halogens is 3. The topological polar surface area (TPSA) is 46.2 Å². The van der Waals surface area contributed by atoms with Crippen LogP contribution in [0.25, 0.3) is 0 Å². The Bertz CT molecular complexity index is 311. The van der Waals surface area contributed by atoms with Gasteiger partial charge in [0.2, 0.25) is 0 Å². The molecule has 5 heteroatoms. The molecular weight excluding hydrogens is 331 g/mol. The van der Waals surface area contributed by atoms with E-state index >= 15 is 0 Å². The predicted octanol–water partition coefficient (Wildman–Crippen LogP) is 2.62. The maximum Gasteiger partial charge on any atom is 0.128 e. The molecule has 0 radical (unpaired) electrons. The zero-order chi connectivity index (χ0) is 10.6. The molecule has 0 aliphatic rings. The van der Waals surface area contributed by atoms with Gasteiger partial charge in [0.1, 0.15) is 5.82 Å². The second-order valence-corrected chi connectivity index (χ2v) is 4.38. The Morgan fingerprint density at radius 1 is 1.47 bits per heavy atom. The van der Waals surface area contributed by atoms with Gasteiger partial charge in [0.15, 0.2) is 0 Å². The standard InChI is InChI=1S/C10H13FINO.ClH/c11-9-4-3-7(12)6-8(9)10(13)2-1-5-14;/h3-4,6,10,14H,1-2,5,13H2;1H/t10-;/m1./s1. The molecule has 1 aromatic rings. The largest absolute Gasteiger partial charge is 0.396 e. The molecule has 0 heterocycles. The third-order valence-corrected chi connectivity index (χ3v) is 2.70.